The van der Waals surface area contributed by atoms with E-state index in [2.05, 4.69) is 6.92 Å². The van der Waals surface area contributed by atoms with Gasteiger partial charge >= 0.3 is 0 Å². The van der Waals surface area contributed by atoms with Gasteiger partial charge in [0.2, 0.25) is 0 Å². The molecular weight excluding hydrogens is 200 g/mol. The van der Waals surface area contributed by atoms with E-state index < -0.39 is 0 Å². The van der Waals surface area contributed by atoms with Gasteiger partial charge in [0.05, 0.1) is 18.3 Å². The predicted molar refractivity (Wildman–Crippen MR) is 65.6 cm³/mol. The Balaban J connectivity index is 1.89. The minimum absolute atomic E-state index is 0.346. The molecule has 94 valence electrons. The molecule has 2 aliphatic rings. The highest BCUT2D eigenvalue weighted by Gasteiger charge is 2.38. The van der Waals surface area contributed by atoms with Crippen LogP contribution >= 0.6 is 0 Å². The molecule has 1 aliphatic carbocycles. The number of ether oxygens (including phenoxy) is 2. The van der Waals surface area contributed by atoms with E-state index in [0.29, 0.717) is 18.3 Å². The molecule has 1 aliphatic heterocycles. The van der Waals surface area contributed by atoms with Crippen molar-refractivity contribution >= 4 is 0 Å². The maximum absolute atomic E-state index is 6.18. The lowest BCUT2D eigenvalue weighted by atomic mass is 9.91. The molecule has 0 aromatic carbocycles. The van der Waals surface area contributed by atoms with Gasteiger partial charge in [-0.05, 0) is 25.2 Å². The molecule has 0 amide bonds. The van der Waals surface area contributed by atoms with Crippen LogP contribution in [0.1, 0.15) is 58.3 Å². The molecule has 0 spiro atoms. The Bertz CT molecular complexity index is 185. The molecule has 2 nitrogen and oxygen atoms in total. The van der Waals surface area contributed by atoms with Gasteiger partial charge in [0, 0.05) is 13.5 Å². The Morgan fingerprint density at radius 3 is 2.31 bits per heavy atom. The molecule has 3 atom stereocenters. The predicted octanol–water partition coefficient (Wildman–Crippen LogP) is 3.54. The summed E-state index contributed by atoms with van der Waals surface area (Å²) < 4.78 is 11.7. The summed E-state index contributed by atoms with van der Waals surface area (Å²) in [5.74, 6) is 0.802. The molecule has 0 aromatic rings. The van der Waals surface area contributed by atoms with Crippen LogP contribution < -0.4 is 0 Å². The zero-order valence-electron chi connectivity index (χ0n) is 10.8. The average molecular weight is 226 g/mol. The van der Waals surface area contributed by atoms with Crippen molar-refractivity contribution in [1.29, 1.82) is 0 Å². The number of hydrogen-bond donors (Lipinski definition) is 0. The van der Waals surface area contributed by atoms with Crippen molar-refractivity contribution in [3.05, 3.63) is 0 Å². The van der Waals surface area contributed by atoms with Gasteiger partial charge in [-0.1, -0.05) is 32.6 Å². The highest BCUT2D eigenvalue weighted by Crippen LogP contribution is 2.35. The second-order valence-electron chi connectivity index (χ2n) is 5.38. The van der Waals surface area contributed by atoms with Crippen molar-refractivity contribution in [2.75, 3.05) is 7.11 Å². The van der Waals surface area contributed by atoms with Gasteiger partial charge in [-0.15, -0.1) is 0 Å². The Kier molecular flexibility index (Phi) is 4.66. The Morgan fingerprint density at radius 2 is 1.81 bits per heavy atom. The molecule has 1 unspecified atom stereocenters. The third kappa shape index (κ3) is 2.78. The maximum Gasteiger partial charge on any atom is 0.0857 e. The topological polar surface area (TPSA) is 18.5 Å². The standard InChI is InChI=1S/C14H26O2/c1-3-12-14(15-2)10-13(16-12)11-8-6-4-5-7-9-11/h11-14H,3-10H2,1-2H3/t12?,13-,14-/m1/s1. The van der Waals surface area contributed by atoms with Gasteiger partial charge in [0.25, 0.3) is 0 Å². The minimum atomic E-state index is 0.346. The Morgan fingerprint density at radius 1 is 1.12 bits per heavy atom. The van der Waals surface area contributed by atoms with Crippen molar-refractivity contribution < 1.29 is 9.47 Å². The third-order valence-corrected chi connectivity index (χ3v) is 4.36. The molecule has 0 N–H and O–H groups in total. The van der Waals surface area contributed by atoms with E-state index in [4.69, 9.17) is 9.47 Å². The summed E-state index contributed by atoms with van der Waals surface area (Å²) in [6.45, 7) is 2.20. The fourth-order valence-corrected chi connectivity index (χ4v) is 3.34. The van der Waals surface area contributed by atoms with E-state index in [0.717, 1.165) is 18.8 Å². The zero-order chi connectivity index (χ0) is 11.4. The molecule has 1 saturated heterocycles. The molecule has 1 heterocycles. The number of hydrogen-bond acceptors (Lipinski definition) is 2. The lowest BCUT2D eigenvalue weighted by Gasteiger charge is -2.21. The van der Waals surface area contributed by atoms with Gasteiger partial charge in [0.15, 0.2) is 0 Å². The first-order valence-corrected chi connectivity index (χ1v) is 7.03. The van der Waals surface area contributed by atoms with Crippen molar-refractivity contribution in [3.8, 4) is 0 Å². The van der Waals surface area contributed by atoms with Crippen molar-refractivity contribution in [2.45, 2.75) is 76.6 Å². The second-order valence-corrected chi connectivity index (χ2v) is 5.38. The number of methoxy groups -OCH3 is 1. The first kappa shape index (κ1) is 12.4. The molecular formula is C14H26O2. The first-order chi connectivity index (χ1) is 7.85. The monoisotopic (exact) mass is 226 g/mol. The lowest BCUT2D eigenvalue weighted by Crippen LogP contribution is -2.22. The van der Waals surface area contributed by atoms with Crippen LogP contribution in [0.4, 0.5) is 0 Å². The summed E-state index contributed by atoms with van der Waals surface area (Å²) in [6.07, 6.45) is 11.8. The molecule has 16 heavy (non-hydrogen) atoms. The minimum Gasteiger partial charge on any atom is -0.379 e. The summed E-state index contributed by atoms with van der Waals surface area (Å²) in [5.41, 5.74) is 0. The third-order valence-electron chi connectivity index (χ3n) is 4.36. The highest BCUT2D eigenvalue weighted by molar-refractivity contribution is 4.86. The Labute approximate surface area is 99.7 Å². The van der Waals surface area contributed by atoms with E-state index in [1.807, 2.05) is 7.11 Å². The molecule has 2 rings (SSSR count). The van der Waals surface area contributed by atoms with E-state index in [-0.39, 0.29) is 0 Å². The lowest BCUT2D eigenvalue weighted by molar-refractivity contribution is -0.0247. The first-order valence-electron chi connectivity index (χ1n) is 7.03. The highest BCUT2D eigenvalue weighted by atomic mass is 16.6. The number of rotatable bonds is 3. The van der Waals surface area contributed by atoms with Gasteiger partial charge in [-0.3, -0.25) is 0 Å². The summed E-state index contributed by atoms with van der Waals surface area (Å²) in [4.78, 5) is 0. The summed E-state index contributed by atoms with van der Waals surface area (Å²) in [5, 5.41) is 0. The van der Waals surface area contributed by atoms with E-state index in [1.165, 1.54) is 38.5 Å². The van der Waals surface area contributed by atoms with E-state index >= 15 is 0 Å². The largest absolute Gasteiger partial charge is 0.379 e. The maximum atomic E-state index is 6.18. The van der Waals surface area contributed by atoms with Crippen LogP contribution in [0, 0.1) is 5.92 Å². The van der Waals surface area contributed by atoms with Crippen LogP contribution in [-0.2, 0) is 9.47 Å². The molecule has 0 bridgehead atoms. The normalized spacial score (nSPS) is 37.5. The zero-order valence-corrected chi connectivity index (χ0v) is 10.8. The molecule has 0 radical (unpaired) electrons. The van der Waals surface area contributed by atoms with Crippen LogP contribution in [-0.4, -0.2) is 25.4 Å². The fourth-order valence-electron chi connectivity index (χ4n) is 3.34. The van der Waals surface area contributed by atoms with Gasteiger partial charge in [0.1, 0.15) is 0 Å². The molecule has 2 fully saturated rings. The van der Waals surface area contributed by atoms with Crippen molar-refractivity contribution in [1.82, 2.24) is 0 Å². The summed E-state index contributed by atoms with van der Waals surface area (Å²) >= 11 is 0. The van der Waals surface area contributed by atoms with Crippen molar-refractivity contribution in [3.63, 3.8) is 0 Å². The second kappa shape index (κ2) is 6.02. The SMILES string of the molecule is CCC1O[C@@H](C2CCCCCC2)C[C@H]1OC. The van der Waals surface area contributed by atoms with Gasteiger partial charge in [-0.2, -0.15) is 0 Å². The summed E-state index contributed by atoms with van der Waals surface area (Å²) in [7, 11) is 1.83. The summed E-state index contributed by atoms with van der Waals surface area (Å²) in [6, 6.07) is 0. The average Bonchev–Trinajstić information content (AvgIpc) is 2.54. The smallest absolute Gasteiger partial charge is 0.0857 e. The Hall–Kier alpha value is -0.0800. The fraction of sp³-hybridized carbons (Fsp3) is 1.00. The van der Waals surface area contributed by atoms with E-state index in [9.17, 15) is 0 Å². The van der Waals surface area contributed by atoms with Crippen LogP contribution in [0.3, 0.4) is 0 Å². The molecule has 2 heteroatoms. The van der Waals surface area contributed by atoms with Crippen LogP contribution in [0.2, 0.25) is 0 Å². The van der Waals surface area contributed by atoms with Crippen LogP contribution in [0.5, 0.6) is 0 Å². The van der Waals surface area contributed by atoms with Crippen LogP contribution in [0.25, 0.3) is 0 Å². The molecule has 1 saturated carbocycles. The molecule has 0 aromatic heterocycles. The van der Waals surface area contributed by atoms with Gasteiger partial charge < -0.3 is 9.47 Å². The quantitative estimate of drug-likeness (QED) is 0.685. The van der Waals surface area contributed by atoms with Crippen molar-refractivity contribution in [2.24, 2.45) is 5.92 Å². The van der Waals surface area contributed by atoms with E-state index in [1.54, 1.807) is 0 Å². The van der Waals surface area contributed by atoms with Crippen LogP contribution in [0.15, 0.2) is 0 Å². The van der Waals surface area contributed by atoms with Gasteiger partial charge in [-0.25, -0.2) is 0 Å².